The fourth-order valence-corrected chi connectivity index (χ4v) is 1.92. The van der Waals surface area contributed by atoms with Gasteiger partial charge < -0.3 is 9.90 Å². The highest BCUT2D eigenvalue weighted by Crippen LogP contribution is 2.14. The van der Waals surface area contributed by atoms with E-state index in [-0.39, 0.29) is 5.56 Å². The van der Waals surface area contributed by atoms with Gasteiger partial charge in [0, 0.05) is 11.6 Å². The number of nitrogens with zero attached hydrogens (tertiary/aromatic N) is 2. The van der Waals surface area contributed by atoms with Crippen molar-refractivity contribution >= 4 is 5.97 Å². The molecule has 0 unspecified atom stereocenters. The molecule has 0 fully saturated rings. The van der Waals surface area contributed by atoms with Crippen LogP contribution in [0, 0.1) is 20.8 Å². The van der Waals surface area contributed by atoms with Gasteiger partial charge in [0.15, 0.2) is 0 Å². The molecule has 0 aliphatic rings. The molecule has 18 heavy (non-hydrogen) atoms. The minimum Gasteiger partial charge on any atom is -0.545 e. The normalized spacial score (nSPS) is 10.4. The average molecular weight is 242 g/mol. The van der Waals surface area contributed by atoms with E-state index >= 15 is 0 Å². The Morgan fingerprint density at radius 1 is 1.22 bits per heavy atom. The lowest BCUT2D eigenvalue weighted by Gasteiger charge is -2.13. The van der Waals surface area contributed by atoms with Crippen molar-refractivity contribution in [2.45, 2.75) is 20.8 Å². The second-order valence-corrected chi connectivity index (χ2v) is 4.22. The zero-order valence-corrected chi connectivity index (χ0v) is 10.6. The number of carbonyl (C=O) groups excluding carboxylic acids is 1. The van der Waals surface area contributed by atoms with Crippen molar-refractivity contribution in [2.24, 2.45) is 0 Å². The first kappa shape index (κ1) is 12.2. The van der Waals surface area contributed by atoms with Gasteiger partial charge in [0.25, 0.3) is 0 Å². The minimum atomic E-state index is -1.17. The second kappa shape index (κ2) is 4.56. The Morgan fingerprint density at radius 2 is 1.94 bits per heavy atom. The summed E-state index contributed by atoms with van der Waals surface area (Å²) in [4.78, 5) is 15.4. The van der Waals surface area contributed by atoms with Gasteiger partial charge in [0.1, 0.15) is 18.1 Å². The highest BCUT2D eigenvalue weighted by molar-refractivity contribution is 5.87. The number of carboxylic acid groups (broad SMARTS) is 1. The summed E-state index contributed by atoms with van der Waals surface area (Å²) in [5.74, 6) is -0.471. The molecule has 2 aromatic heterocycles. The minimum absolute atomic E-state index is 0.198. The molecule has 0 aliphatic carbocycles. The largest absolute Gasteiger partial charge is 0.545 e. The van der Waals surface area contributed by atoms with Crippen molar-refractivity contribution in [3.8, 4) is 5.82 Å². The maximum absolute atomic E-state index is 11.1. The van der Waals surface area contributed by atoms with Crippen LogP contribution in [0.3, 0.4) is 0 Å². The van der Waals surface area contributed by atoms with Gasteiger partial charge in [0.2, 0.25) is 0 Å². The van der Waals surface area contributed by atoms with Crippen LogP contribution in [0.15, 0.2) is 30.6 Å². The first-order valence-corrected chi connectivity index (χ1v) is 5.67. The van der Waals surface area contributed by atoms with Crippen molar-refractivity contribution in [3.63, 3.8) is 0 Å². The molecule has 4 nitrogen and oxygen atoms in total. The van der Waals surface area contributed by atoms with Crippen LogP contribution in [-0.4, -0.2) is 11.0 Å². The molecule has 0 N–H and O–H groups in total. The van der Waals surface area contributed by atoms with E-state index in [1.54, 1.807) is 23.9 Å². The maximum Gasteiger partial charge on any atom is 0.327 e. The molecule has 0 radical (unpaired) electrons. The Labute approximate surface area is 106 Å². The fourth-order valence-electron chi connectivity index (χ4n) is 1.92. The Kier molecular flexibility index (Phi) is 3.10. The SMILES string of the molecule is Cc1c(C(=O)[O-])c[n+](-c2ccccn2)c(C)c1C. The Bertz CT molecular complexity index is 607. The number of hydrogen-bond acceptors (Lipinski definition) is 3. The van der Waals surface area contributed by atoms with Crippen LogP contribution in [0.25, 0.3) is 5.82 Å². The summed E-state index contributed by atoms with van der Waals surface area (Å²) >= 11 is 0. The standard InChI is InChI=1S/C14H14N2O2/c1-9-10(2)12(14(17)18)8-16(11(9)3)13-6-4-5-7-15-13/h4-8H,1-3H3. The Balaban J connectivity index is 2.73. The highest BCUT2D eigenvalue weighted by Gasteiger charge is 2.16. The fraction of sp³-hybridized carbons (Fsp3) is 0.214. The summed E-state index contributed by atoms with van der Waals surface area (Å²) in [6.45, 7) is 5.63. The number of carbonyl (C=O) groups is 1. The molecule has 92 valence electrons. The third kappa shape index (κ3) is 1.97. The Hall–Kier alpha value is -2.23. The molecule has 0 spiro atoms. The number of hydrogen-bond donors (Lipinski definition) is 0. The zero-order chi connectivity index (χ0) is 13.3. The summed E-state index contributed by atoms with van der Waals surface area (Å²) in [5, 5.41) is 11.1. The molecule has 0 atom stereocenters. The first-order chi connectivity index (χ1) is 8.52. The van der Waals surface area contributed by atoms with Crippen LogP contribution in [-0.2, 0) is 0 Å². The first-order valence-electron chi connectivity index (χ1n) is 5.67. The monoisotopic (exact) mass is 242 g/mol. The van der Waals surface area contributed by atoms with E-state index in [4.69, 9.17) is 0 Å². The van der Waals surface area contributed by atoms with Gasteiger partial charge in [-0.15, -0.1) is 0 Å². The highest BCUT2D eigenvalue weighted by atomic mass is 16.4. The molecule has 0 bridgehead atoms. The quantitative estimate of drug-likeness (QED) is 0.726. The lowest BCUT2D eigenvalue weighted by molar-refractivity contribution is -0.607. The average Bonchev–Trinajstić information content (AvgIpc) is 2.37. The van der Waals surface area contributed by atoms with Crippen LogP contribution in [0.5, 0.6) is 0 Å². The van der Waals surface area contributed by atoms with Gasteiger partial charge in [-0.2, -0.15) is 4.57 Å². The molecule has 0 saturated heterocycles. The van der Waals surface area contributed by atoms with Gasteiger partial charge in [0.05, 0.1) is 5.97 Å². The summed E-state index contributed by atoms with van der Waals surface area (Å²) in [6, 6.07) is 5.52. The number of aromatic carboxylic acids is 1. The maximum atomic E-state index is 11.1. The van der Waals surface area contributed by atoms with E-state index in [2.05, 4.69) is 4.98 Å². The van der Waals surface area contributed by atoms with Crippen LogP contribution >= 0.6 is 0 Å². The molecule has 0 aromatic carbocycles. The molecule has 2 heterocycles. The van der Waals surface area contributed by atoms with Crippen molar-refractivity contribution in [2.75, 3.05) is 0 Å². The van der Waals surface area contributed by atoms with Crippen molar-refractivity contribution < 1.29 is 14.5 Å². The molecule has 2 aromatic rings. The smallest absolute Gasteiger partial charge is 0.327 e. The van der Waals surface area contributed by atoms with Gasteiger partial charge in [-0.25, -0.2) is 0 Å². The summed E-state index contributed by atoms with van der Waals surface area (Å²) in [5.41, 5.74) is 2.84. The molecule has 0 amide bonds. The van der Waals surface area contributed by atoms with Crippen LogP contribution in [0.2, 0.25) is 0 Å². The van der Waals surface area contributed by atoms with Gasteiger partial charge in [-0.1, -0.05) is 6.07 Å². The topological polar surface area (TPSA) is 56.9 Å². The number of aromatic nitrogens is 2. The van der Waals surface area contributed by atoms with Gasteiger partial charge in [-0.05, 0) is 42.9 Å². The van der Waals surface area contributed by atoms with Crippen molar-refractivity contribution in [1.82, 2.24) is 4.98 Å². The van der Waals surface area contributed by atoms with Gasteiger partial charge >= 0.3 is 5.82 Å². The lowest BCUT2D eigenvalue weighted by atomic mass is 10.0. The van der Waals surface area contributed by atoms with E-state index in [9.17, 15) is 9.90 Å². The van der Waals surface area contributed by atoms with Crippen molar-refractivity contribution in [3.05, 3.63) is 53.0 Å². The summed E-state index contributed by atoms with van der Waals surface area (Å²) in [7, 11) is 0. The molecule has 4 heteroatoms. The van der Waals surface area contributed by atoms with Crippen LogP contribution < -0.4 is 9.67 Å². The zero-order valence-electron chi connectivity index (χ0n) is 10.6. The molecular weight excluding hydrogens is 228 g/mol. The molecule has 0 saturated carbocycles. The van der Waals surface area contributed by atoms with E-state index in [0.717, 1.165) is 16.8 Å². The van der Waals surface area contributed by atoms with Crippen LogP contribution in [0.1, 0.15) is 27.2 Å². The predicted molar refractivity (Wildman–Crippen MR) is 64.3 cm³/mol. The number of pyridine rings is 2. The summed E-state index contributed by atoms with van der Waals surface area (Å²) < 4.78 is 1.77. The van der Waals surface area contributed by atoms with E-state index in [1.807, 2.05) is 32.0 Å². The second-order valence-electron chi connectivity index (χ2n) is 4.22. The van der Waals surface area contributed by atoms with Gasteiger partial charge in [-0.3, -0.25) is 0 Å². The predicted octanol–water partition coefficient (Wildman–Crippen LogP) is 0.647. The Morgan fingerprint density at radius 3 is 2.50 bits per heavy atom. The summed E-state index contributed by atoms with van der Waals surface area (Å²) in [6.07, 6.45) is 3.24. The molecule has 2 rings (SSSR count). The molecule has 0 aliphatic heterocycles. The van der Waals surface area contributed by atoms with E-state index < -0.39 is 5.97 Å². The molecular formula is C14H14N2O2. The third-order valence-corrected chi connectivity index (χ3v) is 3.24. The number of carboxylic acids is 1. The van der Waals surface area contributed by atoms with Crippen LogP contribution in [0.4, 0.5) is 0 Å². The van der Waals surface area contributed by atoms with E-state index in [0.29, 0.717) is 5.82 Å². The third-order valence-electron chi connectivity index (χ3n) is 3.24. The van der Waals surface area contributed by atoms with E-state index in [1.165, 1.54) is 0 Å². The number of rotatable bonds is 2. The lowest BCUT2D eigenvalue weighted by Crippen LogP contribution is -2.39. The van der Waals surface area contributed by atoms with Crippen molar-refractivity contribution in [1.29, 1.82) is 0 Å².